The molecule has 21 nitrogen and oxygen atoms in total. The van der Waals surface area contributed by atoms with Crippen LogP contribution in [0.1, 0.15) is 142 Å². The van der Waals surface area contributed by atoms with E-state index in [0.717, 1.165) is 34.8 Å². The zero-order chi connectivity index (χ0) is 58.2. The van der Waals surface area contributed by atoms with E-state index in [0.29, 0.717) is 63.7 Å². The van der Waals surface area contributed by atoms with Crippen LogP contribution >= 0.6 is 11.3 Å². The number of aromatic nitrogens is 1. The van der Waals surface area contributed by atoms with E-state index in [9.17, 15) is 47.9 Å². The maximum Gasteiger partial charge on any atom is 0.308 e. The number of hydrogen-bond donors (Lipinski definition) is 6. The van der Waals surface area contributed by atoms with Crippen molar-refractivity contribution in [1.82, 2.24) is 36.5 Å². The molecule has 0 radical (unpaired) electrons. The fourth-order valence-electron chi connectivity index (χ4n) is 8.78. The zero-order valence-corrected chi connectivity index (χ0v) is 48.3. The molecule has 6 N–H and O–H groups in total. The maximum atomic E-state index is 13.9. The van der Waals surface area contributed by atoms with Crippen molar-refractivity contribution in [3.8, 4) is 0 Å². The van der Waals surface area contributed by atoms with Crippen LogP contribution in [0.5, 0.6) is 0 Å². The molecule has 22 heteroatoms. The molecule has 2 heterocycles. The van der Waals surface area contributed by atoms with Crippen molar-refractivity contribution in [2.24, 2.45) is 23.7 Å². The van der Waals surface area contributed by atoms with Crippen LogP contribution in [-0.4, -0.2) is 127 Å². The van der Waals surface area contributed by atoms with Gasteiger partial charge in [0.05, 0.1) is 49.3 Å². The molecule has 3 aromatic rings. The highest BCUT2D eigenvalue weighted by Crippen LogP contribution is 2.28. The van der Waals surface area contributed by atoms with E-state index in [2.05, 4.69) is 31.9 Å². The summed E-state index contributed by atoms with van der Waals surface area (Å²) >= 11 is 1.51. The van der Waals surface area contributed by atoms with Crippen LogP contribution in [0.2, 0.25) is 0 Å². The lowest BCUT2D eigenvalue weighted by Gasteiger charge is -2.28. The number of carbonyl (C=O) groups is 10. The van der Waals surface area contributed by atoms with Crippen molar-refractivity contribution in [1.29, 1.82) is 0 Å². The Morgan fingerprint density at radius 3 is 1.68 bits per heavy atom. The standard InChI is InChI=1S/C57H84N8O13S/c1-10-64(42-17-15-16-38(8)26-42)49(67)31-65-46-22-25-79-48(46)30-47(65)57(75)61-41-20-18-40(19-21-41)53(71)58-23-13-11-12-14-24-59-54(72)43(27-50(68)76-32-35(2)3)62-56(74)45(29-52(70)78-34-37(6)7)63-55(73)44(60-39(9)66)28-51(69)77-33-36(4)5/h15-17,22,25-26,30,35-37,40-41,43-45H,10-14,18-21,23-24,27-29,31-34H2,1-9H3,(H,58,71)(H,59,72)(H,60,66)(H,61,75)(H,62,74)(H,63,73)/t40?,41?,43-,44-,45-/m0/s1. The normalized spacial score (nSPS) is 15.3. The number of hydrogen-bond acceptors (Lipinski definition) is 14. The number of benzene rings is 1. The Balaban J connectivity index is 1.25. The van der Waals surface area contributed by atoms with Gasteiger partial charge in [-0.1, -0.05) is 66.5 Å². The minimum Gasteiger partial charge on any atom is -0.465 e. The summed E-state index contributed by atoms with van der Waals surface area (Å²) in [5.74, 6) is -6.45. The number of esters is 3. The molecule has 436 valence electrons. The molecule has 1 aliphatic rings. The Kier molecular flexibility index (Phi) is 27.0. The molecule has 0 spiro atoms. The van der Waals surface area contributed by atoms with Gasteiger partial charge in [-0.3, -0.25) is 47.9 Å². The summed E-state index contributed by atoms with van der Waals surface area (Å²) in [6.07, 6.45) is 3.28. The largest absolute Gasteiger partial charge is 0.465 e. The van der Waals surface area contributed by atoms with Crippen molar-refractivity contribution in [2.75, 3.05) is 44.4 Å². The number of rotatable bonds is 32. The van der Waals surface area contributed by atoms with Gasteiger partial charge in [0.15, 0.2) is 0 Å². The molecule has 79 heavy (non-hydrogen) atoms. The summed E-state index contributed by atoms with van der Waals surface area (Å²) in [4.78, 5) is 134. The van der Waals surface area contributed by atoms with Crippen molar-refractivity contribution in [2.45, 2.75) is 164 Å². The van der Waals surface area contributed by atoms with Crippen molar-refractivity contribution >= 4 is 86.5 Å². The molecular formula is C57H84N8O13S. The molecule has 0 unspecified atom stereocenters. The molecule has 2 aromatic heterocycles. The van der Waals surface area contributed by atoms with E-state index < -0.39 is 78.9 Å². The maximum absolute atomic E-state index is 13.9. The smallest absolute Gasteiger partial charge is 0.308 e. The van der Waals surface area contributed by atoms with Gasteiger partial charge in [-0.05, 0) is 105 Å². The van der Waals surface area contributed by atoms with E-state index in [4.69, 9.17) is 14.2 Å². The lowest BCUT2D eigenvalue weighted by Crippen LogP contribution is -2.57. The molecule has 0 bridgehead atoms. The quantitative estimate of drug-likeness (QED) is 0.0260. The number of aryl methyl sites for hydroxylation is 1. The third-order valence-corrected chi connectivity index (χ3v) is 13.8. The fourth-order valence-corrected chi connectivity index (χ4v) is 9.60. The van der Waals surface area contributed by atoms with E-state index in [1.165, 1.54) is 11.3 Å². The van der Waals surface area contributed by atoms with E-state index >= 15 is 0 Å². The van der Waals surface area contributed by atoms with E-state index in [-0.39, 0.29) is 80.3 Å². The third kappa shape index (κ3) is 22.4. The topological polar surface area (TPSA) is 279 Å². The average Bonchev–Trinajstić information content (AvgIpc) is 4.03. The molecule has 1 saturated carbocycles. The summed E-state index contributed by atoms with van der Waals surface area (Å²) in [6.45, 7) is 17.2. The lowest BCUT2D eigenvalue weighted by molar-refractivity contribution is -0.150. The molecule has 3 atom stereocenters. The molecule has 1 fully saturated rings. The summed E-state index contributed by atoms with van der Waals surface area (Å²) in [5, 5.41) is 18.2. The van der Waals surface area contributed by atoms with Gasteiger partial charge in [0.2, 0.25) is 35.4 Å². The van der Waals surface area contributed by atoms with Gasteiger partial charge in [-0.2, -0.15) is 0 Å². The van der Waals surface area contributed by atoms with Crippen LogP contribution in [-0.2, 0) is 63.9 Å². The first-order valence-corrected chi connectivity index (χ1v) is 28.6. The van der Waals surface area contributed by atoms with Gasteiger partial charge < -0.3 is 55.6 Å². The number of nitrogens with one attached hydrogen (secondary N) is 6. The van der Waals surface area contributed by atoms with E-state index in [1.807, 2.05) is 83.3 Å². The molecule has 1 aromatic carbocycles. The average molecular weight is 1120 g/mol. The number of likely N-dealkylation sites (N-methyl/N-ethyl adjacent to an activating group) is 1. The van der Waals surface area contributed by atoms with Crippen LogP contribution in [0, 0.1) is 30.6 Å². The number of amides is 7. The molecule has 0 aliphatic heterocycles. The van der Waals surface area contributed by atoms with Gasteiger partial charge in [-0.15, -0.1) is 11.3 Å². The summed E-state index contributed by atoms with van der Waals surface area (Å²) < 4.78 is 18.5. The van der Waals surface area contributed by atoms with Gasteiger partial charge in [-0.25, -0.2) is 0 Å². The highest BCUT2D eigenvalue weighted by Gasteiger charge is 2.34. The summed E-state index contributed by atoms with van der Waals surface area (Å²) in [6, 6.07) is 6.80. The van der Waals surface area contributed by atoms with Gasteiger partial charge in [0.25, 0.3) is 5.91 Å². The van der Waals surface area contributed by atoms with Gasteiger partial charge in [0.1, 0.15) is 30.4 Å². The fraction of sp³-hybridized carbons (Fsp3) is 0.614. The Morgan fingerprint density at radius 1 is 0.658 bits per heavy atom. The second-order valence-corrected chi connectivity index (χ2v) is 22.4. The number of thiophene rings is 1. The number of ether oxygens (including phenoxy) is 3. The second-order valence-electron chi connectivity index (χ2n) is 21.5. The Hall–Kier alpha value is -6.84. The SMILES string of the molecule is CCN(C(=O)Cn1c(C(=O)NC2CCC(C(=O)NCCCCCCNC(=O)[C@H](CC(=O)OCC(C)C)NC(=O)[C@H](CC(=O)OCC(C)C)NC(=O)[C@H](CC(=O)OCC(C)C)NC(C)=O)CC2)cc2sccc21)c1cccc(C)c1. The third-order valence-electron chi connectivity index (χ3n) is 12.9. The van der Waals surface area contributed by atoms with Gasteiger partial charge in [0, 0.05) is 44.2 Å². The first-order valence-electron chi connectivity index (χ1n) is 27.7. The minimum atomic E-state index is -1.66. The number of unbranched alkanes of at least 4 members (excludes halogenated alkanes) is 3. The number of carbonyl (C=O) groups excluding carboxylic acids is 10. The summed E-state index contributed by atoms with van der Waals surface area (Å²) in [5.41, 5.74) is 3.10. The van der Waals surface area contributed by atoms with E-state index in [1.54, 1.807) is 23.3 Å². The highest BCUT2D eigenvalue weighted by molar-refractivity contribution is 7.17. The predicted octanol–water partition coefficient (Wildman–Crippen LogP) is 5.39. The zero-order valence-electron chi connectivity index (χ0n) is 47.5. The first kappa shape index (κ1) is 64.7. The molecule has 1 aliphatic carbocycles. The minimum absolute atomic E-state index is 0.00373. The van der Waals surface area contributed by atoms with Crippen molar-refractivity contribution < 1.29 is 62.2 Å². The van der Waals surface area contributed by atoms with Crippen LogP contribution in [0.4, 0.5) is 5.69 Å². The number of fused-ring (bicyclic) bond motifs is 1. The Bertz CT molecular complexity index is 2550. The molecule has 4 rings (SSSR count). The van der Waals surface area contributed by atoms with Crippen molar-refractivity contribution in [3.05, 3.63) is 53.0 Å². The Morgan fingerprint density at radius 2 is 1.18 bits per heavy atom. The Labute approximate surface area is 468 Å². The second kappa shape index (κ2) is 32.9. The van der Waals surface area contributed by atoms with Crippen molar-refractivity contribution in [3.63, 3.8) is 0 Å². The molecule has 0 saturated heterocycles. The van der Waals surface area contributed by atoms with Crippen LogP contribution < -0.4 is 36.8 Å². The van der Waals surface area contributed by atoms with Gasteiger partial charge >= 0.3 is 17.9 Å². The molecule has 7 amide bonds. The first-order chi connectivity index (χ1) is 37.5. The highest BCUT2D eigenvalue weighted by atomic mass is 32.1. The van der Waals surface area contributed by atoms with Crippen LogP contribution in [0.3, 0.4) is 0 Å². The predicted molar refractivity (Wildman–Crippen MR) is 299 cm³/mol. The monoisotopic (exact) mass is 1120 g/mol. The molecular weight excluding hydrogens is 1040 g/mol. The lowest BCUT2D eigenvalue weighted by atomic mass is 9.85. The van der Waals surface area contributed by atoms with Crippen LogP contribution in [0.15, 0.2) is 41.8 Å². The number of anilines is 1. The number of nitrogens with zero attached hydrogens (tertiary/aromatic N) is 2. The summed E-state index contributed by atoms with van der Waals surface area (Å²) in [7, 11) is 0. The van der Waals surface area contributed by atoms with Crippen LogP contribution in [0.25, 0.3) is 10.2 Å².